The summed E-state index contributed by atoms with van der Waals surface area (Å²) in [6.07, 6.45) is 0. The lowest BCUT2D eigenvalue weighted by Crippen LogP contribution is -1.94. The van der Waals surface area contributed by atoms with Crippen molar-refractivity contribution < 1.29 is 0 Å². The summed E-state index contributed by atoms with van der Waals surface area (Å²) >= 11 is 0. The van der Waals surface area contributed by atoms with Gasteiger partial charge in [-0.2, -0.15) is 0 Å². The van der Waals surface area contributed by atoms with Crippen LogP contribution in [0.2, 0.25) is 0 Å². The van der Waals surface area contributed by atoms with Crippen LogP contribution in [-0.4, -0.2) is 0 Å². The van der Waals surface area contributed by atoms with Gasteiger partial charge in [-0.3, -0.25) is 0 Å². The van der Waals surface area contributed by atoms with Gasteiger partial charge in [0.25, 0.3) is 0 Å². The first-order valence-electron chi connectivity index (χ1n) is 20.9. The van der Waals surface area contributed by atoms with E-state index < -0.39 is 0 Å². The van der Waals surface area contributed by atoms with Crippen molar-refractivity contribution in [2.45, 2.75) is 0 Å². The Balaban J connectivity index is 1.20. The zero-order valence-corrected chi connectivity index (χ0v) is 32.8. The largest absolute Gasteiger partial charge is 0.0616 e. The molecular formula is C60H36. The third kappa shape index (κ3) is 4.86. The van der Waals surface area contributed by atoms with Crippen molar-refractivity contribution in [1.29, 1.82) is 0 Å². The topological polar surface area (TPSA) is 0 Å². The summed E-state index contributed by atoms with van der Waals surface area (Å²) in [5.74, 6) is 0. The van der Waals surface area contributed by atoms with Gasteiger partial charge in [0.05, 0.1) is 0 Å². The zero-order chi connectivity index (χ0) is 39.3. The first-order chi connectivity index (χ1) is 29.8. The fourth-order valence-electron chi connectivity index (χ4n) is 10.5. The van der Waals surface area contributed by atoms with Crippen molar-refractivity contribution in [2.24, 2.45) is 0 Å². The lowest BCUT2D eigenvalue weighted by Gasteiger charge is -2.22. The predicted octanol–water partition coefficient (Wildman–Crippen LogP) is 17.1. The average Bonchev–Trinajstić information content (AvgIpc) is 3.32. The van der Waals surface area contributed by atoms with E-state index in [9.17, 15) is 0 Å². The van der Waals surface area contributed by atoms with Crippen molar-refractivity contribution in [2.75, 3.05) is 0 Å². The van der Waals surface area contributed by atoms with Gasteiger partial charge in [-0.05, 0) is 155 Å². The second-order valence-corrected chi connectivity index (χ2v) is 16.3. The Morgan fingerprint density at radius 2 is 0.550 bits per heavy atom. The van der Waals surface area contributed by atoms with Crippen molar-refractivity contribution >= 4 is 97.0 Å². The first kappa shape index (κ1) is 33.2. The van der Waals surface area contributed by atoms with Crippen LogP contribution in [0.25, 0.3) is 130 Å². The molecule has 0 fully saturated rings. The maximum absolute atomic E-state index is 2.47. The van der Waals surface area contributed by atoms with Crippen molar-refractivity contribution in [1.82, 2.24) is 0 Å². The van der Waals surface area contributed by atoms with Crippen LogP contribution in [0, 0.1) is 0 Å². The van der Waals surface area contributed by atoms with Crippen LogP contribution >= 0.6 is 0 Å². The predicted molar refractivity (Wildman–Crippen MR) is 260 cm³/mol. The Morgan fingerprint density at radius 3 is 1.12 bits per heavy atom. The number of fused-ring (bicyclic) bond motifs is 13. The van der Waals surface area contributed by atoms with E-state index >= 15 is 0 Å². The normalized spacial score (nSPS) is 12.0. The lowest BCUT2D eigenvalue weighted by atomic mass is 9.81. The molecule has 13 aromatic carbocycles. The van der Waals surface area contributed by atoms with E-state index in [1.807, 2.05) is 0 Å². The second-order valence-electron chi connectivity index (χ2n) is 16.3. The van der Waals surface area contributed by atoms with Gasteiger partial charge in [0.1, 0.15) is 0 Å². The Bertz CT molecular complexity index is 3940. The molecule has 0 aromatic heterocycles. The highest BCUT2D eigenvalue weighted by Gasteiger charge is 2.22. The van der Waals surface area contributed by atoms with Gasteiger partial charge < -0.3 is 0 Å². The Morgan fingerprint density at radius 1 is 0.183 bits per heavy atom. The summed E-state index contributed by atoms with van der Waals surface area (Å²) in [7, 11) is 0. The molecule has 0 N–H and O–H groups in total. The van der Waals surface area contributed by atoms with E-state index in [-0.39, 0.29) is 0 Å². The highest BCUT2D eigenvalue weighted by molar-refractivity contribution is 6.31. The van der Waals surface area contributed by atoms with Crippen LogP contribution in [0.4, 0.5) is 0 Å². The van der Waals surface area contributed by atoms with Gasteiger partial charge in [0, 0.05) is 0 Å². The van der Waals surface area contributed by atoms with Gasteiger partial charge in [-0.25, -0.2) is 0 Å². The lowest BCUT2D eigenvalue weighted by molar-refractivity contribution is 1.67. The van der Waals surface area contributed by atoms with Crippen LogP contribution in [0.3, 0.4) is 0 Å². The molecule has 0 bridgehead atoms. The highest BCUT2D eigenvalue weighted by atomic mass is 14.2. The molecule has 0 heterocycles. The van der Waals surface area contributed by atoms with Gasteiger partial charge in [-0.15, -0.1) is 0 Å². The van der Waals surface area contributed by atoms with Gasteiger partial charge in [-0.1, -0.05) is 194 Å². The number of benzene rings is 13. The standard InChI is InChI=1S/C60H36/c1-2-16-40-33-41(28-25-37(40)13-1)42-31-32-53-56(34-42)60(55-36-44-30-27-39-15-4-6-18-46(39)58(44)50-22-10-8-20-48(50)55)52-24-12-11-23-51(52)59(53)54-35-43-29-26-38-14-3-5-17-45(38)57(43)49-21-9-7-19-47(49)54/h1-36H. The number of hydrogen-bond donors (Lipinski definition) is 0. The molecule has 0 aliphatic rings. The molecule has 13 rings (SSSR count). The molecule has 0 aliphatic heterocycles. The van der Waals surface area contributed by atoms with Crippen LogP contribution in [0.1, 0.15) is 0 Å². The summed E-state index contributed by atoms with van der Waals surface area (Å²) in [6, 6.07) is 81.7. The molecule has 0 unspecified atom stereocenters. The molecule has 0 nitrogen and oxygen atoms in total. The summed E-state index contributed by atoms with van der Waals surface area (Å²) in [6.45, 7) is 0. The maximum Gasteiger partial charge on any atom is -0.00197 e. The van der Waals surface area contributed by atoms with Crippen LogP contribution in [0.5, 0.6) is 0 Å². The monoisotopic (exact) mass is 756 g/mol. The Labute approximate surface area is 347 Å². The molecular weight excluding hydrogens is 721 g/mol. The van der Waals surface area contributed by atoms with E-state index in [4.69, 9.17) is 0 Å². The maximum atomic E-state index is 2.47. The van der Waals surface area contributed by atoms with Crippen LogP contribution in [-0.2, 0) is 0 Å². The minimum atomic E-state index is 1.21. The van der Waals surface area contributed by atoms with Crippen molar-refractivity contribution in [3.8, 4) is 33.4 Å². The Hall–Kier alpha value is -7.80. The van der Waals surface area contributed by atoms with Gasteiger partial charge in [0.15, 0.2) is 0 Å². The van der Waals surface area contributed by atoms with Crippen LogP contribution < -0.4 is 0 Å². The summed E-state index contributed by atoms with van der Waals surface area (Å²) in [5, 5.41) is 22.8. The quantitative estimate of drug-likeness (QED) is 0.124. The fourth-order valence-corrected chi connectivity index (χ4v) is 10.5. The molecule has 0 saturated carbocycles. The zero-order valence-electron chi connectivity index (χ0n) is 32.8. The minimum Gasteiger partial charge on any atom is -0.0616 e. The van der Waals surface area contributed by atoms with E-state index in [0.717, 1.165) is 0 Å². The van der Waals surface area contributed by atoms with E-state index in [0.29, 0.717) is 0 Å². The summed E-state index contributed by atoms with van der Waals surface area (Å²) in [5.41, 5.74) is 7.49. The summed E-state index contributed by atoms with van der Waals surface area (Å²) in [4.78, 5) is 0. The van der Waals surface area contributed by atoms with Gasteiger partial charge >= 0.3 is 0 Å². The fraction of sp³-hybridized carbons (Fsp3) is 0. The molecule has 0 spiro atoms. The van der Waals surface area contributed by atoms with Gasteiger partial charge in [0.2, 0.25) is 0 Å². The summed E-state index contributed by atoms with van der Waals surface area (Å²) < 4.78 is 0. The van der Waals surface area contributed by atoms with E-state index in [2.05, 4.69) is 218 Å². The molecule has 0 aliphatic carbocycles. The second kappa shape index (κ2) is 12.9. The molecule has 276 valence electrons. The van der Waals surface area contributed by atoms with Crippen LogP contribution in [0.15, 0.2) is 218 Å². The molecule has 0 heteroatoms. The molecule has 13 aromatic rings. The first-order valence-corrected chi connectivity index (χ1v) is 20.9. The van der Waals surface area contributed by atoms with Crippen molar-refractivity contribution in [3.63, 3.8) is 0 Å². The molecule has 0 atom stereocenters. The molecule has 0 saturated heterocycles. The SMILES string of the molecule is c1ccc2cc(-c3ccc4c(-c5cc6ccc7ccccc7c6c6ccccc56)c5ccccc5c(-c5cc6ccc7ccccc7c6c6ccccc56)c4c3)ccc2c1. The molecule has 0 radical (unpaired) electrons. The van der Waals surface area contributed by atoms with Crippen molar-refractivity contribution in [3.05, 3.63) is 218 Å². The molecule has 60 heavy (non-hydrogen) atoms. The number of hydrogen-bond acceptors (Lipinski definition) is 0. The average molecular weight is 757 g/mol. The van der Waals surface area contributed by atoms with E-state index in [1.54, 1.807) is 0 Å². The smallest absolute Gasteiger partial charge is 0.00197 e. The Kier molecular flexibility index (Phi) is 7.11. The highest BCUT2D eigenvalue weighted by Crippen LogP contribution is 2.50. The molecule has 0 amide bonds. The number of rotatable bonds is 3. The minimum absolute atomic E-state index is 1.21. The third-order valence-electron chi connectivity index (χ3n) is 13.1. The van der Waals surface area contributed by atoms with E-state index in [1.165, 1.54) is 130 Å². The third-order valence-corrected chi connectivity index (χ3v) is 13.1.